The average Bonchev–Trinajstić information content (AvgIpc) is 3.37. The molecule has 0 saturated carbocycles. The molecule has 9 heteroatoms. The summed E-state index contributed by atoms with van der Waals surface area (Å²) < 4.78 is 28.2. The van der Waals surface area contributed by atoms with Gasteiger partial charge in [-0.15, -0.1) is 11.3 Å². The number of aliphatic carboxylic acids is 1. The predicted octanol–water partition coefficient (Wildman–Crippen LogP) is 4.63. The van der Waals surface area contributed by atoms with Crippen molar-refractivity contribution < 1.29 is 38.4 Å². The number of fused-ring (bicyclic) bond motifs is 1. The van der Waals surface area contributed by atoms with Gasteiger partial charge in [-0.2, -0.15) is 0 Å². The van der Waals surface area contributed by atoms with Crippen LogP contribution in [0.4, 0.5) is 0 Å². The summed E-state index contributed by atoms with van der Waals surface area (Å²) in [7, 11) is 5.91. The first-order valence-electron chi connectivity index (χ1n) is 11.4. The van der Waals surface area contributed by atoms with Crippen LogP contribution in [0.5, 0.6) is 28.7 Å². The van der Waals surface area contributed by atoms with Crippen molar-refractivity contribution in [2.45, 2.75) is 0 Å². The number of carbonyl (C=O) groups excluding carboxylic acids is 2. The van der Waals surface area contributed by atoms with Crippen LogP contribution in [0.1, 0.15) is 15.9 Å². The van der Waals surface area contributed by atoms with Gasteiger partial charge in [-0.25, -0.2) is 0 Å². The molecule has 4 aromatic rings. The normalized spacial score (nSPS) is 10.9. The number of carboxylic acids is 1. The summed E-state index contributed by atoms with van der Waals surface area (Å²) in [5.41, 5.74) is 1.81. The van der Waals surface area contributed by atoms with Crippen LogP contribution in [0.25, 0.3) is 26.6 Å². The van der Waals surface area contributed by atoms with E-state index in [4.69, 9.17) is 23.7 Å². The summed E-state index contributed by atoms with van der Waals surface area (Å²) in [6.07, 6.45) is 3.08. The lowest BCUT2D eigenvalue weighted by atomic mass is 10.0. The maximum Gasteiger partial charge on any atom is 0.203 e. The van der Waals surface area contributed by atoms with E-state index in [0.717, 1.165) is 20.5 Å². The van der Waals surface area contributed by atoms with Crippen molar-refractivity contribution in [3.63, 3.8) is 0 Å². The van der Waals surface area contributed by atoms with Crippen molar-refractivity contribution in [1.82, 2.24) is 0 Å². The van der Waals surface area contributed by atoms with Gasteiger partial charge in [-0.05, 0) is 47.9 Å². The van der Waals surface area contributed by atoms with Crippen LogP contribution in [-0.4, -0.2) is 46.8 Å². The number of hydrogen-bond acceptors (Lipinski definition) is 9. The highest BCUT2D eigenvalue weighted by Crippen LogP contribution is 2.42. The number of allylic oxidation sites excluding steroid dienone is 1. The van der Waals surface area contributed by atoms with E-state index in [9.17, 15) is 14.7 Å². The van der Waals surface area contributed by atoms with Gasteiger partial charge < -0.3 is 33.6 Å². The van der Waals surface area contributed by atoms with E-state index in [0.29, 0.717) is 17.1 Å². The highest BCUT2D eigenvalue weighted by Gasteiger charge is 2.18. The number of rotatable bonds is 11. The molecule has 0 amide bonds. The van der Waals surface area contributed by atoms with E-state index in [-0.39, 0.29) is 28.6 Å². The summed E-state index contributed by atoms with van der Waals surface area (Å²) >= 11 is 1.65. The molecule has 8 nitrogen and oxygen atoms in total. The highest BCUT2D eigenvalue weighted by molar-refractivity contribution is 7.22. The lowest BCUT2D eigenvalue weighted by Gasteiger charge is -2.15. The van der Waals surface area contributed by atoms with Gasteiger partial charge in [-0.1, -0.05) is 18.2 Å². The Morgan fingerprint density at radius 3 is 2.11 bits per heavy atom. The molecule has 0 radical (unpaired) electrons. The van der Waals surface area contributed by atoms with Gasteiger partial charge in [0.25, 0.3) is 0 Å². The Morgan fingerprint density at radius 1 is 0.842 bits per heavy atom. The third-order valence-corrected chi connectivity index (χ3v) is 6.89. The number of carbonyl (C=O) groups is 2. The van der Waals surface area contributed by atoms with Gasteiger partial charge in [0.05, 0.1) is 34.4 Å². The van der Waals surface area contributed by atoms with Crippen LogP contribution in [0.3, 0.4) is 0 Å². The zero-order valence-electron chi connectivity index (χ0n) is 21.2. The van der Waals surface area contributed by atoms with Gasteiger partial charge in [0.2, 0.25) is 5.75 Å². The standard InChI is InChI=1S/C29H26O8S/c1-33-22-15-23(34-2)20(27-14-18-7-5-6-8-26(18)38-27)11-17(22)9-10-21(30)19-12-24(35-3)29(25(13-19)36-4)37-16-28(31)32/h5-15H,16H2,1-4H3,(H,31,32)/p-1/b10-9+. The van der Waals surface area contributed by atoms with E-state index >= 15 is 0 Å². The quantitative estimate of drug-likeness (QED) is 0.203. The summed E-state index contributed by atoms with van der Waals surface area (Å²) in [4.78, 5) is 25.0. The second-order valence-electron chi connectivity index (χ2n) is 8.01. The number of ketones is 1. The molecule has 1 aromatic heterocycles. The van der Waals surface area contributed by atoms with Crippen molar-refractivity contribution in [3.05, 3.63) is 71.8 Å². The van der Waals surface area contributed by atoms with Crippen molar-refractivity contribution in [1.29, 1.82) is 0 Å². The molecule has 0 aliphatic carbocycles. The van der Waals surface area contributed by atoms with E-state index in [1.165, 1.54) is 32.4 Å². The second-order valence-corrected chi connectivity index (χ2v) is 9.09. The van der Waals surface area contributed by atoms with Crippen LogP contribution < -0.4 is 28.8 Å². The third-order valence-electron chi connectivity index (χ3n) is 5.74. The zero-order chi connectivity index (χ0) is 27.2. The molecule has 0 aliphatic rings. The molecule has 0 fully saturated rings. The lowest BCUT2D eigenvalue weighted by molar-refractivity contribution is -0.307. The van der Waals surface area contributed by atoms with E-state index in [2.05, 4.69) is 18.2 Å². The van der Waals surface area contributed by atoms with Crippen LogP contribution in [0, 0.1) is 0 Å². The molecule has 0 aliphatic heterocycles. The molecule has 38 heavy (non-hydrogen) atoms. The molecule has 0 spiro atoms. The first kappa shape index (κ1) is 26.6. The second kappa shape index (κ2) is 11.7. The predicted molar refractivity (Wildman–Crippen MR) is 144 cm³/mol. The number of hydrogen-bond donors (Lipinski definition) is 0. The minimum atomic E-state index is -1.40. The third kappa shape index (κ3) is 5.57. The minimum Gasteiger partial charge on any atom is -0.546 e. The Morgan fingerprint density at radius 2 is 1.50 bits per heavy atom. The summed E-state index contributed by atoms with van der Waals surface area (Å²) in [6, 6.07) is 16.8. The van der Waals surface area contributed by atoms with Crippen LogP contribution >= 0.6 is 11.3 Å². The van der Waals surface area contributed by atoms with Crippen molar-refractivity contribution in [2.24, 2.45) is 0 Å². The van der Waals surface area contributed by atoms with Crippen LogP contribution in [0.2, 0.25) is 0 Å². The molecule has 0 saturated heterocycles. The van der Waals surface area contributed by atoms with Crippen molar-refractivity contribution in [3.8, 4) is 39.2 Å². The van der Waals surface area contributed by atoms with E-state index in [1.807, 2.05) is 18.2 Å². The Labute approximate surface area is 223 Å². The lowest BCUT2D eigenvalue weighted by Crippen LogP contribution is -2.29. The van der Waals surface area contributed by atoms with Gasteiger partial charge in [-0.3, -0.25) is 4.79 Å². The fourth-order valence-corrected chi connectivity index (χ4v) is 5.00. The fourth-order valence-electron chi connectivity index (χ4n) is 3.92. The Balaban J connectivity index is 1.70. The zero-order valence-corrected chi connectivity index (χ0v) is 22.0. The molecular weight excluding hydrogens is 508 g/mol. The molecule has 0 unspecified atom stereocenters. The van der Waals surface area contributed by atoms with Gasteiger partial charge in [0.1, 0.15) is 18.1 Å². The highest BCUT2D eigenvalue weighted by atomic mass is 32.1. The number of thiophene rings is 1. The molecule has 0 N–H and O–H groups in total. The fraction of sp³-hybridized carbons (Fsp3) is 0.172. The van der Waals surface area contributed by atoms with Gasteiger partial charge in [0, 0.05) is 32.3 Å². The van der Waals surface area contributed by atoms with Gasteiger partial charge >= 0.3 is 0 Å². The first-order valence-corrected chi connectivity index (χ1v) is 12.3. The van der Waals surface area contributed by atoms with Crippen molar-refractivity contribution >= 4 is 39.3 Å². The monoisotopic (exact) mass is 533 g/mol. The molecule has 196 valence electrons. The Hall–Kier alpha value is -4.50. The summed E-state index contributed by atoms with van der Waals surface area (Å²) in [5.74, 6) is -0.192. The van der Waals surface area contributed by atoms with Gasteiger partial charge in [0.15, 0.2) is 17.3 Å². The summed E-state index contributed by atoms with van der Waals surface area (Å²) in [6.45, 7) is -0.695. The van der Waals surface area contributed by atoms with Crippen LogP contribution in [-0.2, 0) is 4.79 Å². The van der Waals surface area contributed by atoms with E-state index in [1.54, 1.807) is 37.7 Å². The average molecular weight is 534 g/mol. The number of ether oxygens (including phenoxy) is 5. The molecule has 4 rings (SSSR count). The summed E-state index contributed by atoms with van der Waals surface area (Å²) in [5, 5.41) is 12.0. The Bertz CT molecular complexity index is 1460. The molecule has 0 bridgehead atoms. The maximum atomic E-state index is 13.1. The molecule has 0 atom stereocenters. The largest absolute Gasteiger partial charge is 0.546 e. The smallest absolute Gasteiger partial charge is 0.203 e. The number of methoxy groups -OCH3 is 4. The molecular formula is C29H25O8S-. The maximum absolute atomic E-state index is 13.1. The van der Waals surface area contributed by atoms with Crippen LogP contribution in [0.15, 0.2) is 60.7 Å². The first-order chi connectivity index (χ1) is 18.4. The molecule has 1 heterocycles. The minimum absolute atomic E-state index is 0.0597. The van der Waals surface area contributed by atoms with Crippen molar-refractivity contribution in [2.75, 3.05) is 35.0 Å². The topological polar surface area (TPSA) is 103 Å². The Kier molecular flexibility index (Phi) is 8.18. The molecule has 3 aromatic carbocycles. The number of carboxylic acid groups (broad SMARTS) is 1. The SMILES string of the molecule is COc1cc(OC)c(-c2cc3ccccc3s2)cc1/C=C/C(=O)c1cc(OC)c(OCC(=O)[O-])c(OC)c1. The van der Waals surface area contributed by atoms with E-state index < -0.39 is 12.6 Å². The number of benzene rings is 3.